The van der Waals surface area contributed by atoms with Gasteiger partial charge in [-0.3, -0.25) is 4.79 Å². The number of hydrogen-bond acceptors (Lipinski definition) is 2. The number of Topliss-reactive ketones (excluding diaryl/α,β-unsaturated/α-hetero) is 1. The molecule has 0 saturated heterocycles. The topological polar surface area (TPSA) is 43.1 Å². The van der Waals surface area contributed by atoms with Crippen molar-refractivity contribution in [3.05, 3.63) is 0 Å². The molecule has 0 heterocycles. The molecule has 1 saturated carbocycles. The molecule has 0 aromatic rings. The zero-order chi connectivity index (χ0) is 8.97. The lowest BCUT2D eigenvalue weighted by molar-refractivity contribution is -0.122. The van der Waals surface area contributed by atoms with Gasteiger partial charge in [0.1, 0.15) is 5.78 Å². The van der Waals surface area contributed by atoms with Crippen molar-refractivity contribution < 1.29 is 4.79 Å². The van der Waals surface area contributed by atoms with Crippen LogP contribution in [0.3, 0.4) is 0 Å². The third-order valence-corrected chi connectivity index (χ3v) is 2.45. The molecule has 1 rings (SSSR count). The summed E-state index contributed by atoms with van der Waals surface area (Å²) in [5.41, 5.74) is 5.76. The molecule has 1 fully saturated rings. The average molecular weight is 165 g/mol. The van der Waals surface area contributed by atoms with Crippen LogP contribution in [0.5, 0.6) is 0 Å². The van der Waals surface area contributed by atoms with Crippen molar-refractivity contribution in [2.24, 2.45) is 11.7 Å². The highest BCUT2D eigenvalue weighted by molar-refractivity contribution is 5.83. The second-order valence-corrected chi connectivity index (χ2v) is 3.47. The predicted octanol–water partition coefficient (Wildman–Crippen LogP) is 1.10. The highest BCUT2D eigenvalue weighted by Crippen LogP contribution is 2.24. The van der Waals surface area contributed by atoms with E-state index in [2.05, 4.69) is 5.92 Å². The minimum absolute atomic E-state index is 0.143. The highest BCUT2D eigenvalue weighted by Gasteiger charge is 2.24. The molecule has 66 valence electrons. The molecular formula is C10H15NO. The first-order valence-corrected chi connectivity index (χ1v) is 4.45. The van der Waals surface area contributed by atoms with Crippen LogP contribution in [0.2, 0.25) is 0 Å². The van der Waals surface area contributed by atoms with E-state index in [1.807, 2.05) is 0 Å². The Morgan fingerprint density at radius 2 is 2.33 bits per heavy atom. The number of nitrogens with two attached hydrogens (primary N) is 1. The summed E-state index contributed by atoms with van der Waals surface area (Å²) >= 11 is 0. The largest absolute Gasteiger partial charge is 0.328 e. The normalized spacial score (nSPS) is 29.3. The van der Waals surface area contributed by atoms with E-state index in [1.165, 1.54) is 0 Å². The summed E-state index contributed by atoms with van der Waals surface area (Å²) in [5, 5.41) is 0. The number of carbonyl (C=O) groups is 1. The van der Waals surface area contributed by atoms with Crippen LogP contribution in [0.25, 0.3) is 0 Å². The van der Waals surface area contributed by atoms with E-state index in [-0.39, 0.29) is 24.2 Å². The van der Waals surface area contributed by atoms with Gasteiger partial charge in [0, 0.05) is 12.0 Å². The molecular weight excluding hydrogens is 150 g/mol. The van der Waals surface area contributed by atoms with E-state index in [9.17, 15) is 4.79 Å². The van der Waals surface area contributed by atoms with Crippen LogP contribution in [-0.4, -0.2) is 11.8 Å². The number of ketones is 1. The maximum Gasteiger partial charge on any atom is 0.147 e. The summed E-state index contributed by atoms with van der Waals surface area (Å²) < 4.78 is 0. The maximum atomic E-state index is 11.3. The quantitative estimate of drug-likeness (QED) is 0.622. The van der Waals surface area contributed by atoms with E-state index in [0.29, 0.717) is 0 Å². The van der Waals surface area contributed by atoms with Crippen LogP contribution in [0, 0.1) is 18.3 Å². The predicted molar refractivity (Wildman–Crippen MR) is 48.4 cm³/mol. The molecule has 0 aromatic heterocycles. The van der Waals surface area contributed by atoms with Gasteiger partial charge in [-0.1, -0.05) is 12.3 Å². The molecule has 2 heteroatoms. The van der Waals surface area contributed by atoms with Crippen LogP contribution in [0.15, 0.2) is 0 Å². The van der Waals surface area contributed by atoms with Crippen LogP contribution in [0.4, 0.5) is 0 Å². The Morgan fingerprint density at radius 1 is 1.58 bits per heavy atom. The van der Waals surface area contributed by atoms with Crippen molar-refractivity contribution in [3.8, 4) is 12.3 Å². The van der Waals surface area contributed by atoms with Crippen molar-refractivity contribution in [2.45, 2.75) is 38.1 Å². The molecule has 12 heavy (non-hydrogen) atoms. The molecule has 0 amide bonds. The van der Waals surface area contributed by atoms with E-state index in [0.717, 1.165) is 25.7 Å². The van der Waals surface area contributed by atoms with Gasteiger partial charge in [0.15, 0.2) is 0 Å². The van der Waals surface area contributed by atoms with E-state index in [4.69, 9.17) is 12.2 Å². The van der Waals surface area contributed by atoms with Crippen LogP contribution in [0.1, 0.15) is 32.1 Å². The lowest BCUT2D eigenvalue weighted by Crippen LogP contribution is -2.31. The van der Waals surface area contributed by atoms with Gasteiger partial charge in [-0.25, -0.2) is 0 Å². The van der Waals surface area contributed by atoms with Crippen molar-refractivity contribution in [2.75, 3.05) is 0 Å². The van der Waals surface area contributed by atoms with Gasteiger partial charge in [-0.05, 0) is 19.3 Å². The molecule has 0 aromatic carbocycles. The smallest absolute Gasteiger partial charge is 0.147 e. The summed E-state index contributed by atoms with van der Waals surface area (Å²) in [6, 6.07) is 0.213. The summed E-state index contributed by atoms with van der Waals surface area (Å²) in [4.78, 5) is 11.3. The van der Waals surface area contributed by atoms with Crippen molar-refractivity contribution >= 4 is 5.78 Å². The van der Waals surface area contributed by atoms with E-state index >= 15 is 0 Å². The van der Waals surface area contributed by atoms with Crippen LogP contribution in [-0.2, 0) is 4.79 Å². The fraction of sp³-hybridized carbons (Fsp3) is 0.700. The van der Waals surface area contributed by atoms with Crippen molar-refractivity contribution in [1.82, 2.24) is 0 Å². The van der Waals surface area contributed by atoms with Gasteiger partial charge in [0.05, 0.1) is 6.42 Å². The Hall–Kier alpha value is -0.810. The van der Waals surface area contributed by atoms with Gasteiger partial charge < -0.3 is 5.73 Å². The summed E-state index contributed by atoms with van der Waals surface area (Å²) in [6.45, 7) is 0. The maximum absolute atomic E-state index is 11.3. The summed E-state index contributed by atoms with van der Waals surface area (Å²) in [6.07, 6.45) is 9.29. The van der Waals surface area contributed by atoms with Crippen LogP contribution >= 0.6 is 0 Å². The fourth-order valence-electron chi connectivity index (χ4n) is 1.76. The Labute approximate surface area is 73.5 Å². The SMILES string of the molecule is C#CCC(=O)C1CCCC(N)C1. The molecule has 1 aliphatic carbocycles. The second kappa shape index (κ2) is 4.27. The first-order valence-electron chi connectivity index (χ1n) is 4.45. The van der Waals surface area contributed by atoms with Gasteiger partial charge in [-0.2, -0.15) is 0 Å². The first-order chi connectivity index (χ1) is 5.74. The van der Waals surface area contributed by atoms with Gasteiger partial charge in [0.2, 0.25) is 0 Å². The molecule has 2 unspecified atom stereocenters. The molecule has 0 radical (unpaired) electrons. The number of carbonyl (C=O) groups excluding carboxylic acids is 1. The lowest BCUT2D eigenvalue weighted by Gasteiger charge is -2.24. The lowest BCUT2D eigenvalue weighted by atomic mass is 9.83. The van der Waals surface area contributed by atoms with Gasteiger partial charge in [0.25, 0.3) is 0 Å². The van der Waals surface area contributed by atoms with E-state index in [1.54, 1.807) is 0 Å². The monoisotopic (exact) mass is 165 g/mol. The third kappa shape index (κ3) is 2.35. The molecule has 1 aliphatic rings. The standard InChI is InChI=1S/C10H15NO/c1-2-4-10(12)8-5-3-6-9(11)7-8/h1,8-9H,3-7,11H2. The number of hydrogen-bond donors (Lipinski definition) is 1. The zero-order valence-electron chi connectivity index (χ0n) is 7.25. The average Bonchev–Trinajstić information content (AvgIpc) is 2.05. The van der Waals surface area contributed by atoms with Crippen molar-refractivity contribution in [1.29, 1.82) is 0 Å². The molecule has 0 spiro atoms. The summed E-state index contributed by atoms with van der Waals surface area (Å²) in [5.74, 6) is 2.73. The minimum Gasteiger partial charge on any atom is -0.328 e. The first kappa shape index (κ1) is 9.28. The highest BCUT2D eigenvalue weighted by atomic mass is 16.1. The van der Waals surface area contributed by atoms with Crippen LogP contribution < -0.4 is 5.73 Å². The molecule has 2 N–H and O–H groups in total. The summed E-state index contributed by atoms with van der Waals surface area (Å²) in [7, 11) is 0. The molecule has 2 atom stereocenters. The van der Waals surface area contributed by atoms with Crippen molar-refractivity contribution in [3.63, 3.8) is 0 Å². The zero-order valence-corrected chi connectivity index (χ0v) is 7.25. The Bertz CT molecular complexity index is 204. The van der Waals surface area contributed by atoms with Gasteiger partial charge >= 0.3 is 0 Å². The van der Waals surface area contributed by atoms with Gasteiger partial charge in [-0.15, -0.1) is 6.42 Å². The molecule has 2 nitrogen and oxygen atoms in total. The Balaban J connectivity index is 2.41. The Morgan fingerprint density at radius 3 is 2.92 bits per heavy atom. The molecule has 0 bridgehead atoms. The number of rotatable bonds is 2. The minimum atomic E-state index is 0.143. The second-order valence-electron chi connectivity index (χ2n) is 3.47. The Kier molecular flexibility index (Phi) is 3.31. The molecule has 0 aliphatic heterocycles. The fourth-order valence-corrected chi connectivity index (χ4v) is 1.76. The number of terminal acetylenes is 1. The third-order valence-electron chi connectivity index (χ3n) is 2.45. The van der Waals surface area contributed by atoms with E-state index < -0.39 is 0 Å².